The van der Waals surface area contributed by atoms with Crippen LogP contribution in [-0.4, -0.2) is 23.7 Å². The lowest BCUT2D eigenvalue weighted by molar-refractivity contribution is 0.263. The summed E-state index contributed by atoms with van der Waals surface area (Å²) in [6.07, 6.45) is 0. The Balaban J connectivity index is 3.71. The van der Waals surface area contributed by atoms with Gasteiger partial charge >= 0.3 is 0 Å². The molecule has 0 aromatic rings. The van der Waals surface area contributed by atoms with Crippen molar-refractivity contribution >= 4 is 17.1 Å². The molecule has 0 fully saturated rings. The van der Waals surface area contributed by atoms with Crippen molar-refractivity contribution in [1.29, 1.82) is 0 Å². The Kier molecular flexibility index (Phi) is 5.36. The smallest absolute Gasteiger partial charge is 0.183 e. The third-order valence-electron chi connectivity index (χ3n) is 1.71. The highest BCUT2D eigenvalue weighted by atomic mass is 28.4. The normalized spacial score (nSPS) is 13.0. The van der Waals surface area contributed by atoms with E-state index in [9.17, 15) is 0 Å². The molecule has 0 N–H and O–H groups in total. The summed E-state index contributed by atoms with van der Waals surface area (Å²) in [4.78, 5) is 0. The van der Waals surface area contributed by atoms with E-state index in [-0.39, 0.29) is 0 Å². The summed E-state index contributed by atoms with van der Waals surface area (Å²) in [5.74, 6) is 0.686. The molecular formula is C9H24OSi2. The van der Waals surface area contributed by atoms with Crippen LogP contribution in [0.25, 0.3) is 0 Å². The Morgan fingerprint density at radius 3 is 2.08 bits per heavy atom. The van der Waals surface area contributed by atoms with Gasteiger partial charge in [0.2, 0.25) is 0 Å². The van der Waals surface area contributed by atoms with Gasteiger partial charge in [-0.15, -0.1) is 0 Å². The van der Waals surface area contributed by atoms with E-state index >= 15 is 0 Å². The maximum atomic E-state index is 5.98. The molecule has 1 nitrogen and oxygen atoms in total. The molecule has 0 radical (unpaired) electrons. The topological polar surface area (TPSA) is 9.23 Å². The lowest BCUT2D eigenvalue weighted by Gasteiger charge is -2.25. The molecule has 0 aromatic carbocycles. The van der Waals surface area contributed by atoms with E-state index in [1.165, 1.54) is 5.67 Å². The Morgan fingerprint density at radius 2 is 1.75 bits per heavy atom. The highest BCUT2D eigenvalue weighted by molar-refractivity contribution is 6.83. The summed E-state index contributed by atoms with van der Waals surface area (Å²) < 4.78 is 5.98. The van der Waals surface area contributed by atoms with Crippen molar-refractivity contribution in [1.82, 2.24) is 0 Å². The maximum absolute atomic E-state index is 5.98. The van der Waals surface area contributed by atoms with Gasteiger partial charge in [0.25, 0.3) is 0 Å². The van der Waals surface area contributed by atoms with Gasteiger partial charge in [-0.25, -0.2) is 0 Å². The monoisotopic (exact) mass is 204 g/mol. The first-order valence-corrected chi connectivity index (χ1v) is 11.2. The molecule has 0 aliphatic carbocycles. The maximum Gasteiger partial charge on any atom is 0.183 e. The minimum atomic E-state index is -1.27. The van der Waals surface area contributed by atoms with Crippen molar-refractivity contribution in [3.05, 3.63) is 0 Å². The molecule has 0 saturated carbocycles. The SMILES string of the molecule is CC(C)CO[Si](C)(C)C[SiH](C)C. The van der Waals surface area contributed by atoms with Crippen molar-refractivity contribution in [2.75, 3.05) is 6.61 Å². The predicted molar refractivity (Wildman–Crippen MR) is 62.0 cm³/mol. The molecule has 0 unspecified atom stereocenters. The molecular weight excluding hydrogens is 180 g/mol. The Morgan fingerprint density at radius 1 is 1.25 bits per heavy atom. The van der Waals surface area contributed by atoms with Gasteiger partial charge in [-0.1, -0.05) is 26.9 Å². The lowest BCUT2D eigenvalue weighted by Crippen LogP contribution is -2.35. The molecule has 0 aromatic heterocycles. The van der Waals surface area contributed by atoms with Gasteiger partial charge < -0.3 is 4.43 Å². The predicted octanol–water partition coefficient (Wildman–Crippen LogP) is 2.89. The summed E-state index contributed by atoms with van der Waals surface area (Å²) in [7, 11) is -1.69. The second kappa shape index (κ2) is 5.19. The quantitative estimate of drug-likeness (QED) is 0.626. The molecule has 12 heavy (non-hydrogen) atoms. The Labute approximate surface area is 80.3 Å². The average Bonchev–Trinajstić information content (AvgIpc) is 1.81. The second-order valence-corrected chi connectivity index (χ2v) is 13.3. The standard InChI is InChI=1S/C9H24OSi2/c1-9(2)7-10-12(5,6)8-11(3)4/h9,11H,7-8H2,1-6H3. The lowest BCUT2D eigenvalue weighted by atomic mass is 10.2. The van der Waals surface area contributed by atoms with Crippen LogP contribution in [0.3, 0.4) is 0 Å². The zero-order valence-corrected chi connectivity index (χ0v) is 11.6. The summed E-state index contributed by atoms with van der Waals surface area (Å²) in [6, 6.07) is 0. The van der Waals surface area contributed by atoms with Gasteiger partial charge in [0, 0.05) is 15.4 Å². The highest BCUT2D eigenvalue weighted by Gasteiger charge is 2.23. The molecule has 0 aliphatic heterocycles. The van der Waals surface area contributed by atoms with Crippen LogP contribution in [0.5, 0.6) is 0 Å². The van der Waals surface area contributed by atoms with E-state index in [4.69, 9.17) is 4.43 Å². The van der Waals surface area contributed by atoms with Crippen LogP contribution in [0.1, 0.15) is 13.8 Å². The zero-order chi connectivity index (χ0) is 9.78. The Hall–Kier alpha value is 0.394. The number of hydrogen-bond acceptors (Lipinski definition) is 1. The van der Waals surface area contributed by atoms with Gasteiger partial charge in [-0.2, -0.15) is 0 Å². The van der Waals surface area contributed by atoms with E-state index in [2.05, 4.69) is 40.0 Å². The van der Waals surface area contributed by atoms with E-state index in [0.717, 1.165) is 6.61 Å². The molecule has 0 spiro atoms. The third-order valence-corrected chi connectivity index (χ3v) is 9.85. The van der Waals surface area contributed by atoms with Crippen molar-refractivity contribution < 1.29 is 4.43 Å². The van der Waals surface area contributed by atoms with Crippen LogP contribution in [0.2, 0.25) is 31.9 Å². The molecule has 0 heterocycles. The van der Waals surface area contributed by atoms with Crippen LogP contribution in [-0.2, 0) is 4.43 Å². The minimum Gasteiger partial charge on any atom is -0.417 e. The molecule has 0 atom stereocenters. The van der Waals surface area contributed by atoms with Gasteiger partial charge in [0.05, 0.1) is 0 Å². The van der Waals surface area contributed by atoms with E-state index in [0.29, 0.717) is 5.92 Å². The first-order valence-electron chi connectivity index (χ1n) is 4.97. The highest BCUT2D eigenvalue weighted by Crippen LogP contribution is 2.14. The largest absolute Gasteiger partial charge is 0.417 e. The minimum absolute atomic E-state index is 0.422. The molecule has 0 amide bonds. The van der Waals surface area contributed by atoms with Crippen LogP contribution in [0.4, 0.5) is 0 Å². The van der Waals surface area contributed by atoms with Crippen LogP contribution < -0.4 is 0 Å². The van der Waals surface area contributed by atoms with Gasteiger partial charge in [0.1, 0.15) is 0 Å². The van der Waals surface area contributed by atoms with E-state index < -0.39 is 17.1 Å². The second-order valence-electron chi connectivity index (χ2n) is 5.06. The van der Waals surface area contributed by atoms with E-state index in [1.54, 1.807) is 0 Å². The molecule has 74 valence electrons. The molecule has 0 saturated heterocycles. The summed E-state index contributed by atoms with van der Waals surface area (Å²) >= 11 is 0. The molecule has 0 bridgehead atoms. The fraction of sp³-hybridized carbons (Fsp3) is 1.00. The first-order chi connectivity index (χ1) is 5.33. The summed E-state index contributed by atoms with van der Waals surface area (Å²) in [6.45, 7) is 14.9. The Bertz CT molecular complexity index is 122. The number of rotatable bonds is 5. The third kappa shape index (κ3) is 7.07. The van der Waals surface area contributed by atoms with Crippen LogP contribution >= 0.6 is 0 Å². The fourth-order valence-electron chi connectivity index (χ4n) is 1.43. The van der Waals surface area contributed by atoms with Crippen molar-refractivity contribution in [2.45, 2.75) is 45.7 Å². The summed E-state index contributed by atoms with van der Waals surface area (Å²) in [5.41, 5.74) is 1.42. The summed E-state index contributed by atoms with van der Waals surface area (Å²) in [5, 5.41) is 0. The van der Waals surface area contributed by atoms with E-state index in [1.807, 2.05) is 0 Å². The first kappa shape index (κ1) is 12.4. The van der Waals surface area contributed by atoms with Crippen molar-refractivity contribution in [3.8, 4) is 0 Å². The van der Waals surface area contributed by atoms with Gasteiger partial charge in [0.15, 0.2) is 8.32 Å². The van der Waals surface area contributed by atoms with Crippen molar-refractivity contribution in [2.24, 2.45) is 5.92 Å². The zero-order valence-electron chi connectivity index (χ0n) is 9.48. The number of hydrogen-bond donors (Lipinski definition) is 0. The van der Waals surface area contributed by atoms with Gasteiger partial charge in [-0.05, 0) is 24.7 Å². The average molecular weight is 204 g/mol. The molecule has 0 rings (SSSR count). The fourth-order valence-corrected chi connectivity index (χ4v) is 10.6. The molecule has 0 aliphatic rings. The van der Waals surface area contributed by atoms with Crippen LogP contribution in [0, 0.1) is 5.92 Å². The molecule has 3 heteroatoms. The van der Waals surface area contributed by atoms with Gasteiger partial charge in [-0.3, -0.25) is 0 Å². The van der Waals surface area contributed by atoms with Crippen molar-refractivity contribution in [3.63, 3.8) is 0 Å². The van der Waals surface area contributed by atoms with Crippen LogP contribution in [0.15, 0.2) is 0 Å².